The van der Waals surface area contributed by atoms with Gasteiger partial charge in [0.05, 0.1) is 18.0 Å². The number of rotatable bonds is 7. The SMILES string of the molecule is CC(C)COCCC(=O)Oc1ccc([N+](=O)[O-])c(Cl)c1. The highest BCUT2D eigenvalue weighted by Gasteiger charge is 2.14. The molecule has 0 spiro atoms. The van der Waals surface area contributed by atoms with E-state index in [1.165, 1.54) is 18.2 Å². The first-order chi connectivity index (χ1) is 9.40. The van der Waals surface area contributed by atoms with E-state index in [4.69, 9.17) is 21.1 Å². The van der Waals surface area contributed by atoms with Crippen molar-refractivity contribution < 1.29 is 19.2 Å². The molecular formula is C13H16ClNO5. The number of esters is 1. The Morgan fingerprint density at radius 3 is 2.70 bits per heavy atom. The predicted octanol–water partition coefficient (Wildman–Crippen LogP) is 3.22. The molecule has 1 aromatic carbocycles. The fourth-order valence-electron chi connectivity index (χ4n) is 1.36. The second-order valence-electron chi connectivity index (χ2n) is 4.56. The first kappa shape index (κ1) is 16.4. The standard InChI is InChI=1S/C13H16ClNO5/c1-9(2)8-19-6-5-13(16)20-10-3-4-12(15(17)18)11(14)7-10/h3-4,7,9H,5-6,8H2,1-2H3. The van der Waals surface area contributed by atoms with Gasteiger partial charge in [0, 0.05) is 18.7 Å². The Labute approximate surface area is 121 Å². The first-order valence-corrected chi connectivity index (χ1v) is 6.50. The summed E-state index contributed by atoms with van der Waals surface area (Å²) in [4.78, 5) is 21.5. The molecule has 0 aliphatic rings. The molecule has 0 bridgehead atoms. The molecule has 0 aliphatic carbocycles. The largest absolute Gasteiger partial charge is 0.426 e. The molecule has 0 saturated carbocycles. The van der Waals surface area contributed by atoms with Crippen LogP contribution in [-0.4, -0.2) is 24.1 Å². The summed E-state index contributed by atoms with van der Waals surface area (Å²) < 4.78 is 10.3. The molecule has 6 nitrogen and oxygen atoms in total. The van der Waals surface area contributed by atoms with Crippen LogP contribution in [0.3, 0.4) is 0 Å². The van der Waals surface area contributed by atoms with Gasteiger partial charge >= 0.3 is 5.97 Å². The van der Waals surface area contributed by atoms with Crippen molar-refractivity contribution in [2.24, 2.45) is 5.92 Å². The Morgan fingerprint density at radius 2 is 2.15 bits per heavy atom. The molecule has 110 valence electrons. The predicted molar refractivity (Wildman–Crippen MR) is 74.0 cm³/mol. The lowest BCUT2D eigenvalue weighted by Gasteiger charge is -2.07. The van der Waals surface area contributed by atoms with Gasteiger partial charge in [-0.05, 0) is 12.0 Å². The summed E-state index contributed by atoms with van der Waals surface area (Å²) in [5, 5.41) is 10.5. The van der Waals surface area contributed by atoms with E-state index in [0.717, 1.165) is 0 Å². The number of nitro benzene ring substituents is 1. The van der Waals surface area contributed by atoms with Gasteiger partial charge in [-0.15, -0.1) is 0 Å². The average molecular weight is 302 g/mol. The van der Waals surface area contributed by atoms with E-state index in [1.54, 1.807) is 0 Å². The molecule has 1 rings (SSSR count). The van der Waals surface area contributed by atoms with Gasteiger partial charge in [-0.25, -0.2) is 0 Å². The second-order valence-corrected chi connectivity index (χ2v) is 4.97. The smallest absolute Gasteiger partial charge is 0.313 e. The molecule has 0 unspecified atom stereocenters. The maximum absolute atomic E-state index is 11.5. The lowest BCUT2D eigenvalue weighted by atomic mass is 10.2. The Hall–Kier alpha value is -1.66. The van der Waals surface area contributed by atoms with Gasteiger partial charge in [0.2, 0.25) is 0 Å². The molecular weight excluding hydrogens is 286 g/mol. The number of nitrogens with zero attached hydrogens (tertiary/aromatic N) is 1. The number of benzene rings is 1. The molecule has 0 saturated heterocycles. The molecule has 20 heavy (non-hydrogen) atoms. The van der Waals surface area contributed by atoms with Gasteiger partial charge in [0.15, 0.2) is 0 Å². The highest BCUT2D eigenvalue weighted by Crippen LogP contribution is 2.28. The Morgan fingerprint density at radius 1 is 1.45 bits per heavy atom. The average Bonchev–Trinajstić information content (AvgIpc) is 2.34. The van der Waals surface area contributed by atoms with Gasteiger partial charge in [-0.1, -0.05) is 25.4 Å². The lowest BCUT2D eigenvalue weighted by Crippen LogP contribution is -2.13. The summed E-state index contributed by atoms with van der Waals surface area (Å²) in [5.74, 6) is 0.104. The quantitative estimate of drug-likeness (QED) is 0.254. The van der Waals surface area contributed by atoms with Crippen molar-refractivity contribution in [3.8, 4) is 5.75 Å². The van der Waals surface area contributed by atoms with E-state index in [0.29, 0.717) is 12.5 Å². The molecule has 0 aliphatic heterocycles. The lowest BCUT2D eigenvalue weighted by molar-refractivity contribution is -0.384. The molecule has 0 amide bonds. The van der Waals surface area contributed by atoms with E-state index >= 15 is 0 Å². The molecule has 0 fully saturated rings. The molecule has 0 heterocycles. The van der Waals surface area contributed by atoms with Crippen LogP contribution in [0.2, 0.25) is 5.02 Å². The molecule has 0 radical (unpaired) electrons. The topological polar surface area (TPSA) is 78.7 Å². The van der Waals surface area contributed by atoms with Crippen molar-refractivity contribution in [2.45, 2.75) is 20.3 Å². The number of carbonyl (C=O) groups is 1. The van der Waals surface area contributed by atoms with E-state index < -0.39 is 10.9 Å². The summed E-state index contributed by atoms with van der Waals surface area (Å²) >= 11 is 5.71. The second kappa shape index (κ2) is 7.81. The number of hydrogen-bond acceptors (Lipinski definition) is 5. The number of nitro groups is 1. The summed E-state index contributed by atoms with van der Waals surface area (Å²) in [7, 11) is 0. The van der Waals surface area contributed by atoms with Gasteiger partial charge < -0.3 is 9.47 Å². The van der Waals surface area contributed by atoms with Crippen molar-refractivity contribution in [2.75, 3.05) is 13.2 Å². The zero-order valence-corrected chi connectivity index (χ0v) is 12.1. The Bertz CT molecular complexity index is 490. The van der Waals surface area contributed by atoms with E-state index in [1.807, 2.05) is 13.8 Å². The highest BCUT2D eigenvalue weighted by molar-refractivity contribution is 6.32. The van der Waals surface area contributed by atoms with Crippen molar-refractivity contribution in [3.63, 3.8) is 0 Å². The van der Waals surface area contributed by atoms with E-state index in [-0.39, 0.29) is 29.5 Å². The van der Waals surface area contributed by atoms with Gasteiger partial charge in [0.1, 0.15) is 10.8 Å². The van der Waals surface area contributed by atoms with Crippen LogP contribution in [0.4, 0.5) is 5.69 Å². The van der Waals surface area contributed by atoms with Crippen LogP contribution in [0.25, 0.3) is 0 Å². The monoisotopic (exact) mass is 301 g/mol. The fourth-order valence-corrected chi connectivity index (χ4v) is 1.60. The maximum atomic E-state index is 11.5. The van der Waals surface area contributed by atoms with Gasteiger partial charge in [-0.3, -0.25) is 14.9 Å². The Kier molecular flexibility index (Phi) is 6.41. The van der Waals surface area contributed by atoms with Crippen LogP contribution in [0.15, 0.2) is 18.2 Å². The molecule has 1 aromatic rings. The molecule has 7 heteroatoms. The summed E-state index contributed by atoms with van der Waals surface area (Å²) in [6.45, 7) is 4.88. The normalized spacial score (nSPS) is 10.6. The maximum Gasteiger partial charge on any atom is 0.313 e. The van der Waals surface area contributed by atoms with Crippen LogP contribution in [-0.2, 0) is 9.53 Å². The number of halogens is 1. The van der Waals surface area contributed by atoms with Crippen LogP contribution in [0, 0.1) is 16.0 Å². The zero-order valence-electron chi connectivity index (χ0n) is 11.3. The van der Waals surface area contributed by atoms with Crippen molar-refractivity contribution >= 4 is 23.3 Å². The third-order valence-corrected chi connectivity index (χ3v) is 2.55. The van der Waals surface area contributed by atoms with Crippen molar-refractivity contribution in [1.82, 2.24) is 0 Å². The van der Waals surface area contributed by atoms with Crippen molar-refractivity contribution in [1.29, 1.82) is 0 Å². The third-order valence-electron chi connectivity index (χ3n) is 2.25. The fraction of sp³-hybridized carbons (Fsp3) is 0.462. The first-order valence-electron chi connectivity index (χ1n) is 6.12. The van der Waals surface area contributed by atoms with Crippen LogP contribution >= 0.6 is 11.6 Å². The Balaban J connectivity index is 2.46. The third kappa shape index (κ3) is 5.54. The highest BCUT2D eigenvalue weighted by atomic mass is 35.5. The van der Waals surface area contributed by atoms with Crippen molar-refractivity contribution in [3.05, 3.63) is 33.3 Å². The van der Waals surface area contributed by atoms with E-state index in [2.05, 4.69) is 0 Å². The van der Waals surface area contributed by atoms with Crippen LogP contribution in [0.1, 0.15) is 20.3 Å². The molecule has 0 aromatic heterocycles. The molecule has 0 N–H and O–H groups in total. The number of hydrogen-bond donors (Lipinski definition) is 0. The summed E-state index contributed by atoms with van der Waals surface area (Å²) in [6.07, 6.45) is 0.112. The zero-order chi connectivity index (χ0) is 15.1. The number of ether oxygens (including phenoxy) is 2. The molecule has 0 atom stereocenters. The summed E-state index contributed by atoms with van der Waals surface area (Å²) in [6, 6.07) is 3.77. The minimum Gasteiger partial charge on any atom is -0.426 e. The van der Waals surface area contributed by atoms with Gasteiger partial charge in [-0.2, -0.15) is 0 Å². The van der Waals surface area contributed by atoms with E-state index in [9.17, 15) is 14.9 Å². The minimum atomic E-state index is -0.603. The number of carbonyl (C=O) groups excluding carboxylic acids is 1. The van der Waals surface area contributed by atoms with Crippen LogP contribution < -0.4 is 4.74 Å². The van der Waals surface area contributed by atoms with Gasteiger partial charge in [0.25, 0.3) is 5.69 Å². The summed E-state index contributed by atoms with van der Waals surface area (Å²) in [5.41, 5.74) is -0.230. The van der Waals surface area contributed by atoms with Crippen LogP contribution in [0.5, 0.6) is 5.75 Å². The minimum absolute atomic E-state index is 0.0728.